The fraction of sp³-hybridized carbons (Fsp3) is 0.393. The number of nitrogens with zero attached hydrogens (tertiary/aromatic N) is 9. The Bertz CT molecular complexity index is 1740. The number of anilines is 2. The van der Waals surface area contributed by atoms with Gasteiger partial charge in [0, 0.05) is 48.6 Å². The lowest BCUT2D eigenvalue weighted by molar-refractivity contribution is 0.195. The van der Waals surface area contributed by atoms with E-state index in [4.69, 9.17) is 26.8 Å². The largest absolute Gasteiger partial charge is 0.389 e. The molecular weight excluding hydrogens is 576 g/mol. The predicted molar refractivity (Wildman–Crippen MR) is 156 cm³/mol. The summed E-state index contributed by atoms with van der Waals surface area (Å²) in [5, 5.41) is 24.4. The summed E-state index contributed by atoms with van der Waals surface area (Å²) < 4.78 is 7.20. The number of hydrogen-bond acceptors (Lipinski definition) is 11. The Kier molecular flexibility index (Phi) is 7.54. The number of halogens is 1. The molecule has 1 fully saturated rings. The first kappa shape index (κ1) is 27.7. The molecule has 4 aromatic rings. The van der Waals surface area contributed by atoms with E-state index in [9.17, 15) is 15.3 Å². The summed E-state index contributed by atoms with van der Waals surface area (Å²) in [5.41, 5.74) is 9.64. The molecule has 1 unspecified atom stereocenters. The van der Waals surface area contributed by atoms with Gasteiger partial charge in [-0.15, -0.1) is 11.3 Å². The van der Waals surface area contributed by atoms with Gasteiger partial charge in [-0.25, -0.2) is 24.3 Å². The summed E-state index contributed by atoms with van der Waals surface area (Å²) in [6.07, 6.45) is 6.99. The van der Waals surface area contributed by atoms with Gasteiger partial charge >= 0.3 is 6.03 Å². The highest BCUT2D eigenvalue weighted by Gasteiger charge is 2.34. The highest BCUT2D eigenvalue weighted by Crippen LogP contribution is 2.46. The minimum Gasteiger partial charge on any atom is -0.389 e. The molecule has 2 aliphatic rings. The van der Waals surface area contributed by atoms with Crippen LogP contribution in [0.3, 0.4) is 0 Å². The molecule has 1 aliphatic carbocycles. The zero-order chi connectivity index (χ0) is 29.4. The molecule has 1 aliphatic heterocycles. The smallest absolute Gasteiger partial charge is 0.330 e. The number of aryl methyl sites for hydroxylation is 1. The van der Waals surface area contributed by atoms with Crippen molar-refractivity contribution in [2.75, 3.05) is 36.8 Å². The monoisotopic (exact) mass is 602 g/mol. The zero-order valence-electron chi connectivity index (χ0n) is 22.9. The fourth-order valence-electron chi connectivity index (χ4n) is 5.81. The average molecular weight is 603 g/mol. The molecule has 214 valence electrons. The number of amides is 1. The number of nitrogens with two attached hydrogens (primary N) is 1. The van der Waals surface area contributed by atoms with E-state index in [2.05, 4.69) is 28.1 Å². The number of imidazole rings is 1. The minimum absolute atomic E-state index is 0.0858. The maximum Gasteiger partial charge on any atom is 0.330 e. The van der Waals surface area contributed by atoms with Gasteiger partial charge in [-0.1, -0.05) is 30.1 Å². The predicted octanol–water partition coefficient (Wildman–Crippen LogP) is 4.58. The Morgan fingerprint density at radius 3 is 2.79 bits per heavy atom. The van der Waals surface area contributed by atoms with Gasteiger partial charge in [0.25, 0.3) is 0 Å². The third-order valence-electron chi connectivity index (χ3n) is 7.77. The average Bonchev–Trinajstić information content (AvgIpc) is 3.73. The SMILES string of the molecule is CCCc1c(C2CCCc3sc(N)c(C#N)c32)noc1-c1nc(Cl)cc(N2CCN(C(=O)n3cncc3C#N)CC2)n1. The third-order valence-corrected chi connectivity index (χ3v) is 9.06. The molecule has 0 saturated carbocycles. The summed E-state index contributed by atoms with van der Waals surface area (Å²) in [4.78, 5) is 31.0. The molecular formula is C28H27ClN10O2S. The number of nitriles is 2. The van der Waals surface area contributed by atoms with Crippen LogP contribution in [0.4, 0.5) is 15.6 Å². The first-order chi connectivity index (χ1) is 20.4. The number of carbonyl (C=O) groups is 1. The van der Waals surface area contributed by atoms with Crippen molar-refractivity contribution in [2.24, 2.45) is 0 Å². The molecule has 4 aromatic heterocycles. The molecule has 0 aromatic carbocycles. The summed E-state index contributed by atoms with van der Waals surface area (Å²) in [5.74, 6) is 1.35. The Morgan fingerprint density at radius 2 is 2.05 bits per heavy atom. The molecule has 2 N–H and O–H groups in total. The molecule has 42 heavy (non-hydrogen) atoms. The zero-order valence-corrected chi connectivity index (χ0v) is 24.5. The Labute approximate surface area is 250 Å². The number of aromatic nitrogens is 5. The second-order valence-corrected chi connectivity index (χ2v) is 11.8. The number of carbonyl (C=O) groups excluding carboxylic acids is 1. The van der Waals surface area contributed by atoms with Gasteiger partial charge in [0.1, 0.15) is 40.1 Å². The summed E-state index contributed by atoms with van der Waals surface area (Å²) in [6.45, 7) is 3.98. The Balaban J connectivity index is 1.28. The highest BCUT2D eigenvalue weighted by molar-refractivity contribution is 7.16. The van der Waals surface area contributed by atoms with Gasteiger partial charge in [-0.3, -0.25) is 0 Å². The second-order valence-electron chi connectivity index (χ2n) is 10.3. The first-order valence-corrected chi connectivity index (χ1v) is 14.9. The van der Waals surface area contributed by atoms with Crippen LogP contribution in [0.1, 0.15) is 65.1 Å². The molecule has 0 radical (unpaired) electrons. The van der Waals surface area contributed by atoms with Crippen LogP contribution < -0.4 is 10.6 Å². The molecule has 1 atom stereocenters. The third kappa shape index (κ3) is 4.85. The van der Waals surface area contributed by atoms with Crippen LogP contribution in [0.25, 0.3) is 11.6 Å². The van der Waals surface area contributed by atoms with Crippen molar-refractivity contribution >= 4 is 39.8 Å². The van der Waals surface area contributed by atoms with Crippen molar-refractivity contribution in [2.45, 2.75) is 44.9 Å². The van der Waals surface area contributed by atoms with Crippen LogP contribution in [0.5, 0.6) is 0 Å². The van der Waals surface area contributed by atoms with E-state index in [1.54, 1.807) is 11.0 Å². The van der Waals surface area contributed by atoms with Crippen LogP contribution in [0.15, 0.2) is 23.1 Å². The lowest BCUT2D eigenvalue weighted by Gasteiger charge is -2.35. The summed E-state index contributed by atoms with van der Waals surface area (Å²) in [6, 6.07) is 5.70. The fourth-order valence-corrected chi connectivity index (χ4v) is 7.11. The molecule has 1 saturated heterocycles. The molecule has 0 spiro atoms. The quantitative estimate of drug-likeness (QED) is 0.319. The summed E-state index contributed by atoms with van der Waals surface area (Å²) >= 11 is 7.99. The van der Waals surface area contributed by atoms with E-state index < -0.39 is 0 Å². The van der Waals surface area contributed by atoms with Gasteiger partial charge in [0.15, 0.2) is 0 Å². The van der Waals surface area contributed by atoms with E-state index in [0.29, 0.717) is 60.6 Å². The van der Waals surface area contributed by atoms with Crippen molar-refractivity contribution in [1.82, 2.24) is 29.6 Å². The van der Waals surface area contributed by atoms with Gasteiger partial charge in [0.05, 0.1) is 17.5 Å². The molecule has 12 nitrogen and oxygen atoms in total. The second kappa shape index (κ2) is 11.4. The van der Waals surface area contributed by atoms with Crippen LogP contribution in [-0.2, 0) is 12.8 Å². The Hall–Kier alpha value is -4.46. The topological polar surface area (TPSA) is 167 Å². The van der Waals surface area contributed by atoms with E-state index >= 15 is 0 Å². The van der Waals surface area contributed by atoms with Crippen LogP contribution in [-0.4, -0.2) is 61.8 Å². The molecule has 1 amide bonds. The van der Waals surface area contributed by atoms with Crippen molar-refractivity contribution < 1.29 is 9.32 Å². The Morgan fingerprint density at radius 1 is 1.24 bits per heavy atom. The van der Waals surface area contributed by atoms with E-state index in [1.165, 1.54) is 28.4 Å². The van der Waals surface area contributed by atoms with Gasteiger partial charge in [-0.05, 0) is 31.2 Å². The highest BCUT2D eigenvalue weighted by atomic mass is 35.5. The normalized spacial score (nSPS) is 16.6. The molecule has 0 bridgehead atoms. The number of fused-ring (bicyclic) bond motifs is 1. The van der Waals surface area contributed by atoms with E-state index in [-0.39, 0.29) is 22.8 Å². The number of piperazine rings is 1. The maximum atomic E-state index is 12.9. The van der Waals surface area contributed by atoms with Crippen molar-refractivity contribution in [1.29, 1.82) is 10.5 Å². The van der Waals surface area contributed by atoms with Gasteiger partial charge < -0.3 is 20.1 Å². The van der Waals surface area contributed by atoms with Crippen molar-refractivity contribution in [3.63, 3.8) is 0 Å². The van der Waals surface area contributed by atoms with Gasteiger partial charge in [-0.2, -0.15) is 10.5 Å². The maximum absolute atomic E-state index is 12.9. The lowest BCUT2D eigenvalue weighted by Crippen LogP contribution is -2.50. The van der Waals surface area contributed by atoms with E-state index in [0.717, 1.165) is 47.4 Å². The number of hydrogen-bond donors (Lipinski definition) is 1. The number of nitrogen functional groups attached to an aromatic ring is 1. The molecule has 5 heterocycles. The lowest BCUT2D eigenvalue weighted by atomic mass is 9.81. The molecule has 14 heteroatoms. The van der Waals surface area contributed by atoms with E-state index in [1.807, 2.05) is 11.0 Å². The van der Waals surface area contributed by atoms with Gasteiger partial charge in [0.2, 0.25) is 11.6 Å². The number of rotatable bonds is 5. The standard InChI is InChI=1S/C28H27ClN10O2S/c1-2-4-18-24(17-5-3-6-20-23(17)19(13-31)26(32)42-20)36-41-25(18)27-34-21(29)11-22(35-27)37-7-9-38(10-8-37)28(40)39-15-33-14-16(39)12-30/h11,14-15,17H,2-10,32H2,1H3. The first-order valence-electron chi connectivity index (χ1n) is 13.7. The van der Waals surface area contributed by atoms with Crippen molar-refractivity contribution in [3.8, 4) is 23.7 Å². The van der Waals surface area contributed by atoms with Crippen molar-refractivity contribution in [3.05, 3.63) is 56.7 Å². The van der Waals surface area contributed by atoms with Crippen LogP contribution >= 0.6 is 22.9 Å². The van der Waals surface area contributed by atoms with Crippen LogP contribution in [0.2, 0.25) is 5.15 Å². The van der Waals surface area contributed by atoms with Crippen LogP contribution in [0, 0.1) is 22.7 Å². The molecule has 6 rings (SSSR count). The minimum atomic E-state index is -0.290. The number of thiophene rings is 1. The summed E-state index contributed by atoms with van der Waals surface area (Å²) in [7, 11) is 0.